The van der Waals surface area contributed by atoms with Crippen molar-refractivity contribution in [2.45, 2.75) is 4.34 Å². The molecule has 0 aliphatic carbocycles. The van der Waals surface area contributed by atoms with E-state index in [1.54, 1.807) is 47.5 Å². The van der Waals surface area contributed by atoms with E-state index >= 15 is 0 Å². The lowest BCUT2D eigenvalue weighted by atomic mass is 10.3. The van der Waals surface area contributed by atoms with Gasteiger partial charge in [-0.15, -0.1) is 11.3 Å². The average molecular weight is 384 g/mol. The highest BCUT2D eigenvalue weighted by Crippen LogP contribution is 2.30. The maximum atomic E-state index is 13.0. The first kappa shape index (κ1) is 16.7. The molecule has 1 amide bonds. The highest BCUT2D eigenvalue weighted by molar-refractivity contribution is 8.00. The summed E-state index contributed by atoms with van der Waals surface area (Å²) in [5.74, 6) is -0.623. The quantitative estimate of drug-likeness (QED) is 0.523. The van der Waals surface area contributed by atoms with Gasteiger partial charge in [0.05, 0.1) is 15.9 Å². The minimum Gasteiger partial charge on any atom is -0.321 e. The number of hydrogen-bond donors (Lipinski definition) is 1. The third kappa shape index (κ3) is 3.33. The Morgan fingerprint density at radius 2 is 2.00 bits per heavy atom. The summed E-state index contributed by atoms with van der Waals surface area (Å²) in [6.07, 6.45) is 3.65. The Bertz CT molecular complexity index is 1090. The van der Waals surface area contributed by atoms with Gasteiger partial charge in [0.25, 0.3) is 5.91 Å². The van der Waals surface area contributed by atoms with Gasteiger partial charge < -0.3 is 5.32 Å². The molecule has 26 heavy (non-hydrogen) atoms. The summed E-state index contributed by atoms with van der Waals surface area (Å²) in [4.78, 5) is 16.9. The second kappa shape index (κ2) is 6.89. The molecule has 0 fully saturated rings. The van der Waals surface area contributed by atoms with Crippen LogP contribution < -0.4 is 5.32 Å². The van der Waals surface area contributed by atoms with Crippen molar-refractivity contribution in [2.24, 2.45) is 0 Å². The van der Waals surface area contributed by atoms with E-state index in [0.29, 0.717) is 11.4 Å². The van der Waals surface area contributed by atoms with E-state index in [2.05, 4.69) is 15.4 Å². The molecule has 8 heteroatoms. The zero-order valence-corrected chi connectivity index (χ0v) is 15.3. The monoisotopic (exact) mass is 384 g/mol. The van der Waals surface area contributed by atoms with Crippen LogP contribution in [0, 0.1) is 5.82 Å². The molecule has 130 valence electrons. The van der Waals surface area contributed by atoms with Gasteiger partial charge >= 0.3 is 0 Å². The lowest BCUT2D eigenvalue weighted by Crippen LogP contribution is -2.13. The summed E-state index contributed by atoms with van der Waals surface area (Å²) in [6, 6.07) is 13.1. The smallest absolute Gasteiger partial charge is 0.276 e. The van der Waals surface area contributed by atoms with Crippen molar-refractivity contribution in [1.82, 2.24) is 14.8 Å². The fourth-order valence-electron chi connectivity index (χ4n) is 2.45. The molecule has 0 aliphatic heterocycles. The van der Waals surface area contributed by atoms with Crippen molar-refractivity contribution in [2.75, 3.05) is 11.6 Å². The molecule has 0 aliphatic rings. The van der Waals surface area contributed by atoms with E-state index in [1.807, 2.05) is 24.5 Å². The van der Waals surface area contributed by atoms with Gasteiger partial charge in [-0.1, -0.05) is 11.8 Å². The number of carbonyl (C=O) groups is 1. The number of nitrogens with zero attached hydrogens (tertiary/aromatic N) is 3. The Morgan fingerprint density at radius 1 is 1.19 bits per heavy atom. The van der Waals surface area contributed by atoms with Crippen LogP contribution in [0.1, 0.15) is 10.5 Å². The number of fused-ring (bicyclic) bond motifs is 1. The van der Waals surface area contributed by atoms with Crippen LogP contribution in [0.25, 0.3) is 15.9 Å². The number of rotatable bonds is 4. The molecule has 2 aromatic carbocycles. The van der Waals surface area contributed by atoms with E-state index in [4.69, 9.17) is 0 Å². The highest BCUT2D eigenvalue weighted by Gasteiger charge is 2.12. The predicted molar refractivity (Wildman–Crippen MR) is 103 cm³/mol. The van der Waals surface area contributed by atoms with Gasteiger partial charge in [-0.05, 0) is 54.8 Å². The molecule has 1 N–H and O–H groups in total. The molecule has 2 aromatic heterocycles. The van der Waals surface area contributed by atoms with E-state index in [0.717, 1.165) is 14.6 Å². The molecule has 2 heterocycles. The first-order chi connectivity index (χ1) is 12.6. The Balaban J connectivity index is 1.54. The van der Waals surface area contributed by atoms with Gasteiger partial charge in [0.2, 0.25) is 0 Å². The highest BCUT2D eigenvalue weighted by atomic mass is 32.2. The van der Waals surface area contributed by atoms with Crippen LogP contribution in [-0.2, 0) is 0 Å². The van der Waals surface area contributed by atoms with Crippen LogP contribution in [0.3, 0.4) is 0 Å². The first-order valence-electron chi connectivity index (χ1n) is 7.70. The third-order valence-corrected chi connectivity index (χ3v) is 5.72. The lowest BCUT2D eigenvalue weighted by molar-refractivity contribution is 0.102. The van der Waals surface area contributed by atoms with E-state index < -0.39 is 0 Å². The number of hydrogen-bond acceptors (Lipinski definition) is 5. The third-order valence-electron chi connectivity index (χ3n) is 3.71. The van der Waals surface area contributed by atoms with Gasteiger partial charge in [-0.25, -0.2) is 14.1 Å². The van der Waals surface area contributed by atoms with Crippen molar-refractivity contribution in [3.8, 4) is 5.69 Å². The van der Waals surface area contributed by atoms with E-state index in [9.17, 15) is 9.18 Å². The fraction of sp³-hybridized carbons (Fsp3) is 0.0556. The van der Waals surface area contributed by atoms with Crippen molar-refractivity contribution >= 4 is 44.9 Å². The Morgan fingerprint density at radius 3 is 2.77 bits per heavy atom. The Hall–Kier alpha value is -2.71. The van der Waals surface area contributed by atoms with Crippen LogP contribution in [0.15, 0.2) is 59.1 Å². The van der Waals surface area contributed by atoms with Crippen LogP contribution in [-0.4, -0.2) is 26.9 Å². The SMILES string of the molecule is CSc1nc2ccc(NC(=O)c3ccn(-c4ccc(F)cc4)n3)cc2s1. The summed E-state index contributed by atoms with van der Waals surface area (Å²) in [6.45, 7) is 0. The number of halogens is 1. The number of aromatic nitrogens is 3. The van der Waals surface area contributed by atoms with Gasteiger partial charge in [0.1, 0.15) is 5.82 Å². The van der Waals surface area contributed by atoms with Gasteiger partial charge in [-0.3, -0.25) is 4.79 Å². The zero-order valence-electron chi connectivity index (χ0n) is 13.6. The Labute approximate surface area is 156 Å². The molecular formula is C18H13FN4OS2. The summed E-state index contributed by atoms with van der Waals surface area (Å²) in [7, 11) is 0. The summed E-state index contributed by atoms with van der Waals surface area (Å²) in [5, 5.41) is 7.10. The van der Waals surface area contributed by atoms with Gasteiger partial charge in [0.15, 0.2) is 10.0 Å². The number of anilines is 1. The summed E-state index contributed by atoms with van der Waals surface area (Å²) in [5.41, 5.74) is 2.57. The number of carbonyl (C=O) groups excluding carboxylic acids is 1. The largest absolute Gasteiger partial charge is 0.321 e. The van der Waals surface area contributed by atoms with Crippen molar-refractivity contribution in [3.63, 3.8) is 0 Å². The molecule has 0 saturated heterocycles. The van der Waals surface area contributed by atoms with Crippen molar-refractivity contribution in [3.05, 3.63) is 66.2 Å². The van der Waals surface area contributed by atoms with Crippen LogP contribution in [0.4, 0.5) is 10.1 Å². The van der Waals surface area contributed by atoms with E-state index in [-0.39, 0.29) is 17.4 Å². The maximum Gasteiger partial charge on any atom is 0.276 e. The number of benzene rings is 2. The number of amides is 1. The summed E-state index contributed by atoms with van der Waals surface area (Å²) >= 11 is 3.18. The molecule has 0 spiro atoms. The molecule has 0 saturated carbocycles. The molecule has 0 bridgehead atoms. The predicted octanol–water partition coefficient (Wildman–Crippen LogP) is 4.60. The Kier molecular flexibility index (Phi) is 4.44. The standard InChI is InChI=1S/C18H13FN4OS2/c1-25-18-21-14-7-4-12(10-16(14)26-18)20-17(24)15-8-9-23(22-15)13-5-2-11(19)3-6-13/h2-10H,1H3,(H,20,24). The first-order valence-corrected chi connectivity index (χ1v) is 9.74. The second-order valence-electron chi connectivity index (χ2n) is 5.44. The zero-order chi connectivity index (χ0) is 18.1. The average Bonchev–Trinajstić information content (AvgIpc) is 3.29. The van der Waals surface area contributed by atoms with Crippen molar-refractivity contribution < 1.29 is 9.18 Å². The lowest BCUT2D eigenvalue weighted by Gasteiger charge is -2.03. The molecule has 0 radical (unpaired) electrons. The second-order valence-corrected chi connectivity index (χ2v) is 7.53. The molecule has 5 nitrogen and oxygen atoms in total. The molecular weight excluding hydrogens is 371 g/mol. The summed E-state index contributed by atoms with van der Waals surface area (Å²) < 4.78 is 16.6. The molecule has 4 aromatic rings. The number of nitrogens with one attached hydrogen (secondary N) is 1. The molecule has 0 atom stereocenters. The normalized spacial score (nSPS) is 11.0. The topological polar surface area (TPSA) is 59.8 Å². The van der Waals surface area contributed by atoms with Crippen LogP contribution >= 0.6 is 23.1 Å². The van der Waals surface area contributed by atoms with Crippen molar-refractivity contribution in [1.29, 1.82) is 0 Å². The van der Waals surface area contributed by atoms with Gasteiger partial charge in [0, 0.05) is 11.9 Å². The fourth-order valence-corrected chi connectivity index (χ4v) is 3.97. The van der Waals surface area contributed by atoms with Crippen LogP contribution in [0.5, 0.6) is 0 Å². The maximum absolute atomic E-state index is 13.0. The van der Waals surface area contributed by atoms with Gasteiger partial charge in [-0.2, -0.15) is 5.10 Å². The number of thioether (sulfide) groups is 1. The van der Waals surface area contributed by atoms with E-state index in [1.165, 1.54) is 16.8 Å². The minimum atomic E-state index is -0.318. The van der Waals surface area contributed by atoms with Crippen LogP contribution in [0.2, 0.25) is 0 Å². The molecule has 0 unspecified atom stereocenters. The number of thiazole rings is 1. The minimum absolute atomic E-state index is 0.281. The molecule has 4 rings (SSSR count).